The molecule has 78 valence electrons. The summed E-state index contributed by atoms with van der Waals surface area (Å²) in [6.07, 6.45) is 5.46. The maximum Gasteiger partial charge on any atom is 0.0443 e. The van der Waals surface area contributed by atoms with Gasteiger partial charge in [-0.3, -0.25) is 0 Å². The maximum atomic E-state index is 8.73. The molecule has 0 aromatic rings. The third-order valence-corrected chi connectivity index (χ3v) is 2.80. The fourth-order valence-electron chi connectivity index (χ4n) is 2.12. The van der Waals surface area contributed by atoms with Gasteiger partial charge in [0, 0.05) is 25.8 Å². The Balaban J connectivity index is 2.18. The molecule has 1 unspecified atom stereocenters. The summed E-state index contributed by atoms with van der Waals surface area (Å²) in [5, 5.41) is 17.5. The average molecular weight is 187 g/mol. The molecule has 0 saturated carbocycles. The number of likely N-dealkylation sites (tertiary alicyclic amines) is 1. The molecular formula is C10H21NO2. The van der Waals surface area contributed by atoms with Crippen LogP contribution in [0.1, 0.15) is 32.1 Å². The molecule has 1 saturated heterocycles. The van der Waals surface area contributed by atoms with Crippen molar-refractivity contribution in [2.75, 3.05) is 26.3 Å². The molecule has 1 aliphatic heterocycles. The van der Waals surface area contributed by atoms with E-state index in [2.05, 4.69) is 4.90 Å². The smallest absolute Gasteiger partial charge is 0.0443 e. The van der Waals surface area contributed by atoms with Crippen molar-refractivity contribution in [3.05, 3.63) is 0 Å². The van der Waals surface area contributed by atoms with Crippen LogP contribution in [-0.4, -0.2) is 47.5 Å². The maximum absolute atomic E-state index is 8.73. The molecule has 0 radical (unpaired) electrons. The molecule has 1 aliphatic rings. The molecule has 1 fully saturated rings. The number of aliphatic hydroxyl groups is 2. The Bertz CT molecular complexity index is 116. The zero-order valence-electron chi connectivity index (χ0n) is 8.28. The van der Waals surface area contributed by atoms with Crippen molar-refractivity contribution in [3.8, 4) is 0 Å². The highest BCUT2D eigenvalue weighted by molar-refractivity contribution is 4.78. The van der Waals surface area contributed by atoms with E-state index in [4.69, 9.17) is 10.2 Å². The van der Waals surface area contributed by atoms with E-state index >= 15 is 0 Å². The molecule has 0 amide bonds. The van der Waals surface area contributed by atoms with E-state index in [0.717, 1.165) is 25.8 Å². The van der Waals surface area contributed by atoms with Crippen molar-refractivity contribution in [1.29, 1.82) is 0 Å². The van der Waals surface area contributed by atoms with Crippen LogP contribution in [0.15, 0.2) is 0 Å². The van der Waals surface area contributed by atoms with E-state index in [1.54, 1.807) is 0 Å². The highest BCUT2D eigenvalue weighted by Crippen LogP contribution is 2.20. The van der Waals surface area contributed by atoms with E-state index in [-0.39, 0.29) is 0 Å². The van der Waals surface area contributed by atoms with E-state index in [0.29, 0.717) is 19.3 Å². The van der Waals surface area contributed by atoms with Crippen LogP contribution >= 0.6 is 0 Å². The molecule has 3 nitrogen and oxygen atoms in total. The molecule has 0 aromatic carbocycles. The summed E-state index contributed by atoms with van der Waals surface area (Å²) >= 11 is 0. The average Bonchev–Trinajstić information content (AvgIpc) is 2.59. The summed E-state index contributed by atoms with van der Waals surface area (Å²) in [6, 6.07) is 0.665. The molecule has 3 heteroatoms. The standard InChI is InChI=1S/C10H21NO2/c12-8-2-5-10-4-1-6-11(10)7-3-9-13/h10,12-13H,1-9H2. The Morgan fingerprint density at radius 3 is 2.62 bits per heavy atom. The number of hydrogen-bond acceptors (Lipinski definition) is 3. The molecule has 0 aliphatic carbocycles. The summed E-state index contributed by atoms with van der Waals surface area (Å²) in [6.45, 7) is 2.80. The highest BCUT2D eigenvalue weighted by Gasteiger charge is 2.22. The summed E-state index contributed by atoms with van der Waals surface area (Å²) < 4.78 is 0. The van der Waals surface area contributed by atoms with Gasteiger partial charge < -0.3 is 15.1 Å². The third-order valence-electron chi connectivity index (χ3n) is 2.80. The van der Waals surface area contributed by atoms with Crippen LogP contribution in [0.2, 0.25) is 0 Å². The van der Waals surface area contributed by atoms with Crippen molar-refractivity contribution in [1.82, 2.24) is 4.90 Å². The van der Waals surface area contributed by atoms with Crippen molar-refractivity contribution >= 4 is 0 Å². The SMILES string of the molecule is OCCCC1CCCN1CCCO. The molecule has 0 bridgehead atoms. The predicted octanol–water partition coefficient (Wildman–Crippen LogP) is 0.606. The van der Waals surface area contributed by atoms with Crippen LogP contribution < -0.4 is 0 Å². The van der Waals surface area contributed by atoms with Gasteiger partial charge in [-0.2, -0.15) is 0 Å². The van der Waals surface area contributed by atoms with Gasteiger partial charge in [0.1, 0.15) is 0 Å². The van der Waals surface area contributed by atoms with Crippen LogP contribution in [0.25, 0.3) is 0 Å². The van der Waals surface area contributed by atoms with E-state index < -0.39 is 0 Å². The zero-order valence-corrected chi connectivity index (χ0v) is 8.28. The number of nitrogens with zero attached hydrogens (tertiary/aromatic N) is 1. The van der Waals surface area contributed by atoms with E-state index in [1.807, 2.05) is 0 Å². The van der Waals surface area contributed by atoms with Crippen LogP contribution in [0.4, 0.5) is 0 Å². The van der Waals surface area contributed by atoms with Gasteiger partial charge in [-0.25, -0.2) is 0 Å². The van der Waals surface area contributed by atoms with Gasteiger partial charge in [-0.1, -0.05) is 0 Å². The van der Waals surface area contributed by atoms with Crippen molar-refractivity contribution in [2.45, 2.75) is 38.1 Å². The van der Waals surface area contributed by atoms with Crippen LogP contribution in [0, 0.1) is 0 Å². The first-order valence-electron chi connectivity index (χ1n) is 5.34. The second kappa shape index (κ2) is 6.35. The first kappa shape index (κ1) is 11.0. The second-order valence-electron chi connectivity index (χ2n) is 3.78. The molecule has 1 atom stereocenters. The topological polar surface area (TPSA) is 43.7 Å². The molecule has 0 aromatic heterocycles. The first-order chi connectivity index (χ1) is 6.38. The van der Waals surface area contributed by atoms with Gasteiger partial charge in [-0.15, -0.1) is 0 Å². The summed E-state index contributed by atoms with van der Waals surface area (Å²) in [4.78, 5) is 2.45. The Morgan fingerprint density at radius 2 is 1.92 bits per heavy atom. The fourth-order valence-corrected chi connectivity index (χ4v) is 2.12. The number of rotatable bonds is 6. The third kappa shape index (κ3) is 3.63. The molecular weight excluding hydrogens is 166 g/mol. The lowest BCUT2D eigenvalue weighted by Crippen LogP contribution is -2.30. The quantitative estimate of drug-likeness (QED) is 0.640. The van der Waals surface area contributed by atoms with Gasteiger partial charge in [0.2, 0.25) is 0 Å². The minimum Gasteiger partial charge on any atom is -0.396 e. The Hall–Kier alpha value is -0.120. The van der Waals surface area contributed by atoms with E-state index in [9.17, 15) is 0 Å². The second-order valence-corrected chi connectivity index (χ2v) is 3.78. The lowest BCUT2D eigenvalue weighted by molar-refractivity contribution is 0.194. The largest absolute Gasteiger partial charge is 0.396 e. The minimum absolute atomic E-state index is 0.295. The van der Waals surface area contributed by atoms with Gasteiger partial charge in [-0.05, 0) is 38.6 Å². The molecule has 1 rings (SSSR count). The monoisotopic (exact) mass is 187 g/mol. The van der Waals surface area contributed by atoms with Gasteiger partial charge in [0.05, 0.1) is 0 Å². The molecule has 0 spiro atoms. The van der Waals surface area contributed by atoms with Crippen LogP contribution in [0.5, 0.6) is 0 Å². The summed E-state index contributed by atoms with van der Waals surface area (Å²) in [5.41, 5.74) is 0. The first-order valence-corrected chi connectivity index (χ1v) is 5.34. The van der Waals surface area contributed by atoms with Gasteiger partial charge in [0.15, 0.2) is 0 Å². The number of hydrogen-bond donors (Lipinski definition) is 2. The predicted molar refractivity (Wildman–Crippen MR) is 52.6 cm³/mol. The molecule has 2 N–H and O–H groups in total. The summed E-state index contributed by atoms with van der Waals surface area (Å²) in [7, 11) is 0. The Morgan fingerprint density at radius 1 is 1.15 bits per heavy atom. The fraction of sp³-hybridized carbons (Fsp3) is 1.00. The highest BCUT2D eigenvalue weighted by atomic mass is 16.3. The van der Waals surface area contributed by atoms with Gasteiger partial charge in [0.25, 0.3) is 0 Å². The Labute approximate surface area is 80.4 Å². The van der Waals surface area contributed by atoms with Crippen LogP contribution in [0.3, 0.4) is 0 Å². The lowest BCUT2D eigenvalue weighted by Gasteiger charge is -2.23. The zero-order chi connectivity index (χ0) is 9.52. The van der Waals surface area contributed by atoms with Gasteiger partial charge >= 0.3 is 0 Å². The lowest BCUT2D eigenvalue weighted by atomic mass is 10.1. The molecule has 1 heterocycles. The van der Waals surface area contributed by atoms with Crippen molar-refractivity contribution in [2.24, 2.45) is 0 Å². The van der Waals surface area contributed by atoms with E-state index in [1.165, 1.54) is 19.4 Å². The molecule has 13 heavy (non-hydrogen) atoms. The Kier molecular flexibility index (Phi) is 5.35. The summed E-state index contributed by atoms with van der Waals surface area (Å²) in [5.74, 6) is 0. The van der Waals surface area contributed by atoms with Crippen LogP contribution in [-0.2, 0) is 0 Å². The number of aliphatic hydroxyl groups excluding tert-OH is 2. The van der Waals surface area contributed by atoms with Crippen molar-refractivity contribution in [3.63, 3.8) is 0 Å². The van der Waals surface area contributed by atoms with Crippen molar-refractivity contribution < 1.29 is 10.2 Å². The normalized spacial score (nSPS) is 24.0. The minimum atomic E-state index is 0.295.